The molecule has 1 amide bonds. The van der Waals surface area contributed by atoms with Crippen LogP contribution in [0, 0.1) is 5.82 Å². The molecule has 1 heterocycles. The molecule has 25 heavy (non-hydrogen) atoms. The Kier molecular flexibility index (Phi) is 5.13. The predicted molar refractivity (Wildman–Crippen MR) is 93.9 cm³/mol. The van der Waals surface area contributed by atoms with Crippen molar-refractivity contribution in [2.45, 2.75) is 12.5 Å². The summed E-state index contributed by atoms with van der Waals surface area (Å²) < 4.78 is 18.4. The summed E-state index contributed by atoms with van der Waals surface area (Å²) in [5.74, 6) is 0.328. The minimum atomic E-state index is -0.360. The van der Waals surface area contributed by atoms with E-state index in [1.54, 1.807) is 0 Å². The maximum Gasteiger partial charge on any atom is 0.246 e. The second-order valence-electron chi connectivity index (χ2n) is 5.63. The number of carbonyl (C=O) groups is 1. The van der Waals surface area contributed by atoms with E-state index in [-0.39, 0.29) is 30.3 Å². The van der Waals surface area contributed by atoms with Gasteiger partial charge in [-0.3, -0.25) is 4.79 Å². The SMILES string of the molecule is NC(=NCC(=O)Nc1ccc(F)cc1)NC1CCOc2ccccc21. The number of benzene rings is 2. The van der Waals surface area contributed by atoms with Gasteiger partial charge in [-0.1, -0.05) is 18.2 Å². The van der Waals surface area contributed by atoms with Gasteiger partial charge in [-0.2, -0.15) is 0 Å². The Morgan fingerprint density at radius 2 is 2.00 bits per heavy atom. The molecule has 2 aromatic rings. The van der Waals surface area contributed by atoms with Gasteiger partial charge in [-0.25, -0.2) is 9.38 Å². The molecule has 0 saturated carbocycles. The van der Waals surface area contributed by atoms with E-state index >= 15 is 0 Å². The Morgan fingerprint density at radius 1 is 1.24 bits per heavy atom. The molecule has 0 bridgehead atoms. The van der Waals surface area contributed by atoms with Gasteiger partial charge in [-0.15, -0.1) is 0 Å². The Balaban J connectivity index is 1.55. The lowest BCUT2D eigenvalue weighted by Gasteiger charge is -2.26. The Labute approximate surface area is 144 Å². The lowest BCUT2D eigenvalue weighted by Crippen LogP contribution is -2.38. The van der Waals surface area contributed by atoms with E-state index < -0.39 is 0 Å². The fourth-order valence-corrected chi connectivity index (χ4v) is 2.61. The van der Waals surface area contributed by atoms with Crippen molar-refractivity contribution >= 4 is 17.6 Å². The van der Waals surface area contributed by atoms with Gasteiger partial charge in [0.1, 0.15) is 18.1 Å². The number of anilines is 1. The fourth-order valence-electron chi connectivity index (χ4n) is 2.61. The largest absolute Gasteiger partial charge is 0.493 e. The highest BCUT2D eigenvalue weighted by atomic mass is 19.1. The molecule has 1 unspecified atom stereocenters. The second kappa shape index (κ2) is 7.65. The topological polar surface area (TPSA) is 88.7 Å². The third kappa shape index (κ3) is 4.47. The molecule has 0 spiro atoms. The van der Waals surface area contributed by atoms with E-state index in [9.17, 15) is 9.18 Å². The number of nitrogens with one attached hydrogen (secondary N) is 2. The number of para-hydroxylation sites is 1. The van der Waals surface area contributed by atoms with Crippen LogP contribution in [-0.4, -0.2) is 25.0 Å². The van der Waals surface area contributed by atoms with Crippen molar-refractivity contribution in [1.82, 2.24) is 5.32 Å². The van der Waals surface area contributed by atoms with Gasteiger partial charge in [-0.05, 0) is 30.3 Å². The van der Waals surface area contributed by atoms with E-state index in [2.05, 4.69) is 15.6 Å². The van der Waals surface area contributed by atoms with Gasteiger partial charge in [0.15, 0.2) is 5.96 Å². The van der Waals surface area contributed by atoms with Crippen LogP contribution in [0.5, 0.6) is 5.75 Å². The molecule has 130 valence electrons. The van der Waals surface area contributed by atoms with Crippen molar-refractivity contribution in [3.63, 3.8) is 0 Å². The molecule has 0 fully saturated rings. The molecule has 3 rings (SSSR count). The molecule has 4 N–H and O–H groups in total. The van der Waals surface area contributed by atoms with Crippen molar-refractivity contribution in [1.29, 1.82) is 0 Å². The number of guanidine groups is 1. The third-order valence-corrected chi connectivity index (χ3v) is 3.80. The van der Waals surface area contributed by atoms with Gasteiger partial charge in [0.25, 0.3) is 0 Å². The number of aliphatic imine (C=N–C) groups is 1. The summed E-state index contributed by atoms with van der Waals surface area (Å²) in [7, 11) is 0. The molecule has 7 heteroatoms. The predicted octanol–water partition coefficient (Wildman–Crippen LogP) is 2.19. The normalized spacial score (nSPS) is 16.5. The molecular weight excluding hydrogens is 323 g/mol. The zero-order chi connectivity index (χ0) is 17.6. The molecule has 0 saturated heterocycles. The smallest absolute Gasteiger partial charge is 0.246 e. The van der Waals surface area contributed by atoms with Crippen LogP contribution >= 0.6 is 0 Å². The highest BCUT2D eigenvalue weighted by molar-refractivity contribution is 5.93. The number of rotatable bonds is 4. The monoisotopic (exact) mass is 342 g/mol. The molecule has 1 aliphatic rings. The summed E-state index contributed by atoms with van der Waals surface area (Å²) >= 11 is 0. The summed E-state index contributed by atoms with van der Waals surface area (Å²) in [6, 6.07) is 13.2. The molecule has 1 atom stereocenters. The number of nitrogens with zero attached hydrogens (tertiary/aromatic N) is 1. The molecule has 6 nitrogen and oxygen atoms in total. The molecule has 2 aromatic carbocycles. The van der Waals surface area contributed by atoms with Crippen LogP contribution in [0.25, 0.3) is 0 Å². The summed E-state index contributed by atoms with van der Waals surface area (Å²) in [6.07, 6.45) is 0.759. The summed E-state index contributed by atoms with van der Waals surface area (Å²) in [5.41, 5.74) is 7.41. The van der Waals surface area contributed by atoms with Gasteiger partial charge in [0.05, 0.1) is 12.6 Å². The number of fused-ring (bicyclic) bond motifs is 1. The zero-order valence-electron chi connectivity index (χ0n) is 13.5. The molecule has 0 radical (unpaired) electrons. The van der Waals surface area contributed by atoms with Crippen LogP contribution in [0.4, 0.5) is 10.1 Å². The Morgan fingerprint density at radius 3 is 2.80 bits per heavy atom. The standard InChI is InChI=1S/C18H19FN4O2/c19-12-5-7-13(8-6-12)22-17(24)11-21-18(20)23-15-9-10-25-16-4-2-1-3-14(15)16/h1-8,15H,9-11H2,(H,22,24)(H3,20,21,23). The van der Waals surface area contributed by atoms with Gasteiger partial charge < -0.3 is 21.1 Å². The second-order valence-corrected chi connectivity index (χ2v) is 5.63. The average Bonchev–Trinajstić information content (AvgIpc) is 2.62. The number of amides is 1. The molecule has 0 aromatic heterocycles. The van der Waals surface area contributed by atoms with Gasteiger partial charge >= 0.3 is 0 Å². The first-order valence-electron chi connectivity index (χ1n) is 7.95. The molecule has 0 aliphatic carbocycles. The van der Waals surface area contributed by atoms with Gasteiger partial charge in [0, 0.05) is 17.7 Å². The van der Waals surface area contributed by atoms with Gasteiger partial charge in [0.2, 0.25) is 5.91 Å². The van der Waals surface area contributed by atoms with Crippen LogP contribution in [0.1, 0.15) is 18.0 Å². The van der Waals surface area contributed by atoms with Crippen molar-refractivity contribution in [2.75, 3.05) is 18.5 Å². The number of carbonyl (C=O) groups excluding carboxylic acids is 1. The van der Waals surface area contributed by atoms with Crippen LogP contribution in [0.2, 0.25) is 0 Å². The first kappa shape index (κ1) is 16.8. The van der Waals surface area contributed by atoms with Crippen molar-refractivity contribution in [3.05, 3.63) is 59.9 Å². The first-order valence-corrected chi connectivity index (χ1v) is 7.95. The van der Waals surface area contributed by atoms with Crippen LogP contribution in [-0.2, 0) is 4.79 Å². The van der Waals surface area contributed by atoms with E-state index in [1.165, 1.54) is 24.3 Å². The summed E-state index contributed by atoms with van der Waals surface area (Å²) in [6.45, 7) is 0.466. The van der Waals surface area contributed by atoms with Crippen molar-refractivity contribution in [2.24, 2.45) is 10.7 Å². The maximum absolute atomic E-state index is 12.8. The maximum atomic E-state index is 12.8. The first-order chi connectivity index (χ1) is 12.1. The summed E-state index contributed by atoms with van der Waals surface area (Å²) in [5, 5.41) is 5.75. The van der Waals surface area contributed by atoms with E-state index in [0.717, 1.165) is 17.7 Å². The van der Waals surface area contributed by atoms with E-state index in [0.29, 0.717) is 12.3 Å². The van der Waals surface area contributed by atoms with E-state index in [4.69, 9.17) is 10.5 Å². The number of ether oxygens (including phenoxy) is 1. The highest BCUT2D eigenvalue weighted by Gasteiger charge is 2.21. The summed E-state index contributed by atoms with van der Waals surface area (Å²) in [4.78, 5) is 15.9. The lowest BCUT2D eigenvalue weighted by molar-refractivity contribution is -0.114. The minimum absolute atomic E-state index is 0.00569. The highest BCUT2D eigenvalue weighted by Crippen LogP contribution is 2.31. The third-order valence-electron chi connectivity index (χ3n) is 3.80. The van der Waals surface area contributed by atoms with Crippen LogP contribution in [0.3, 0.4) is 0 Å². The number of hydrogen-bond donors (Lipinski definition) is 3. The minimum Gasteiger partial charge on any atom is -0.493 e. The average molecular weight is 342 g/mol. The number of nitrogens with two attached hydrogens (primary N) is 1. The number of halogens is 1. The van der Waals surface area contributed by atoms with Crippen molar-refractivity contribution < 1.29 is 13.9 Å². The molecule has 1 aliphatic heterocycles. The quantitative estimate of drug-likeness (QED) is 0.587. The van der Waals surface area contributed by atoms with Crippen LogP contribution in [0.15, 0.2) is 53.5 Å². The lowest BCUT2D eigenvalue weighted by atomic mass is 10.0. The Hall–Kier alpha value is -3.09. The Bertz CT molecular complexity index is 777. The molecular formula is C18H19FN4O2. The van der Waals surface area contributed by atoms with Crippen molar-refractivity contribution in [3.8, 4) is 5.75 Å². The fraction of sp³-hybridized carbons (Fsp3) is 0.222. The number of hydrogen-bond acceptors (Lipinski definition) is 3. The van der Waals surface area contributed by atoms with E-state index in [1.807, 2.05) is 24.3 Å². The zero-order valence-corrected chi connectivity index (χ0v) is 13.5. The van der Waals surface area contributed by atoms with Crippen LogP contribution < -0.4 is 21.1 Å².